The van der Waals surface area contributed by atoms with Gasteiger partial charge in [-0.1, -0.05) is 41.0 Å². The number of aromatic nitrogens is 2. The lowest BCUT2D eigenvalue weighted by Crippen LogP contribution is -2.40. The summed E-state index contributed by atoms with van der Waals surface area (Å²) < 4.78 is 5.45. The Labute approximate surface area is 210 Å². The Hall–Kier alpha value is -3.23. The van der Waals surface area contributed by atoms with E-state index >= 15 is 0 Å². The SMILES string of the molecule is CCN(CC)C(=O)c1ccccc1NC(=O)C1CCCN(Cc2nc(-c3ccccc3Cl)no2)C1. The lowest BCUT2D eigenvalue weighted by Gasteiger charge is -2.31. The number of hydrogen-bond acceptors (Lipinski definition) is 6. The third-order valence-electron chi connectivity index (χ3n) is 6.28. The van der Waals surface area contributed by atoms with Crippen molar-refractivity contribution >= 4 is 29.1 Å². The topological polar surface area (TPSA) is 91.6 Å². The number of anilines is 1. The summed E-state index contributed by atoms with van der Waals surface area (Å²) in [4.78, 5) is 34.4. The molecule has 0 saturated carbocycles. The van der Waals surface area contributed by atoms with Gasteiger partial charge < -0.3 is 14.7 Å². The third-order valence-corrected chi connectivity index (χ3v) is 6.61. The zero-order chi connectivity index (χ0) is 24.8. The van der Waals surface area contributed by atoms with Gasteiger partial charge in [0.1, 0.15) is 0 Å². The molecule has 3 aromatic rings. The van der Waals surface area contributed by atoms with Gasteiger partial charge in [-0.3, -0.25) is 14.5 Å². The van der Waals surface area contributed by atoms with Crippen LogP contribution in [-0.2, 0) is 11.3 Å². The Kier molecular flexibility index (Phi) is 8.15. The Morgan fingerprint density at radius 1 is 1.14 bits per heavy atom. The second-order valence-corrected chi connectivity index (χ2v) is 8.99. The van der Waals surface area contributed by atoms with Crippen molar-refractivity contribution in [2.24, 2.45) is 5.92 Å². The van der Waals surface area contributed by atoms with E-state index in [1.54, 1.807) is 23.1 Å². The van der Waals surface area contributed by atoms with Crippen LogP contribution >= 0.6 is 11.6 Å². The van der Waals surface area contributed by atoms with Crippen molar-refractivity contribution in [3.63, 3.8) is 0 Å². The number of likely N-dealkylation sites (tertiary alicyclic amines) is 1. The van der Waals surface area contributed by atoms with Crippen LogP contribution in [0, 0.1) is 5.92 Å². The van der Waals surface area contributed by atoms with Gasteiger partial charge in [0.05, 0.1) is 28.7 Å². The largest absolute Gasteiger partial charge is 0.339 e. The van der Waals surface area contributed by atoms with Crippen molar-refractivity contribution in [1.82, 2.24) is 19.9 Å². The molecule has 0 aliphatic carbocycles. The number of carbonyl (C=O) groups is 2. The first kappa shape index (κ1) is 24.9. The van der Waals surface area contributed by atoms with Crippen molar-refractivity contribution in [2.45, 2.75) is 33.2 Å². The van der Waals surface area contributed by atoms with E-state index < -0.39 is 0 Å². The number of piperidine rings is 1. The first-order chi connectivity index (χ1) is 17.0. The number of nitrogens with zero attached hydrogens (tertiary/aromatic N) is 4. The van der Waals surface area contributed by atoms with Crippen molar-refractivity contribution in [2.75, 3.05) is 31.5 Å². The molecule has 0 bridgehead atoms. The quantitative estimate of drug-likeness (QED) is 0.486. The van der Waals surface area contributed by atoms with Crippen LogP contribution in [0.15, 0.2) is 53.1 Å². The van der Waals surface area contributed by atoms with Gasteiger partial charge in [0.15, 0.2) is 0 Å². The molecule has 184 valence electrons. The zero-order valence-corrected chi connectivity index (χ0v) is 20.8. The van der Waals surface area contributed by atoms with Crippen molar-refractivity contribution in [3.8, 4) is 11.4 Å². The third kappa shape index (κ3) is 5.89. The summed E-state index contributed by atoms with van der Waals surface area (Å²) in [6.45, 7) is 6.98. The summed E-state index contributed by atoms with van der Waals surface area (Å²) in [6.07, 6.45) is 1.66. The summed E-state index contributed by atoms with van der Waals surface area (Å²) in [5, 5.41) is 7.63. The fraction of sp³-hybridized carbons (Fsp3) is 0.385. The smallest absolute Gasteiger partial charge is 0.255 e. The predicted octanol–water partition coefficient (Wildman–Crippen LogP) is 4.72. The fourth-order valence-electron chi connectivity index (χ4n) is 4.37. The highest BCUT2D eigenvalue weighted by atomic mass is 35.5. The van der Waals surface area contributed by atoms with E-state index in [1.165, 1.54) is 0 Å². The predicted molar refractivity (Wildman–Crippen MR) is 135 cm³/mol. The molecule has 0 spiro atoms. The van der Waals surface area contributed by atoms with Gasteiger partial charge in [0.25, 0.3) is 5.91 Å². The highest BCUT2D eigenvalue weighted by Gasteiger charge is 2.28. The molecule has 1 saturated heterocycles. The number of carbonyl (C=O) groups excluding carboxylic acids is 2. The molecule has 1 unspecified atom stereocenters. The average molecular weight is 496 g/mol. The van der Waals surface area contributed by atoms with Crippen LogP contribution in [0.4, 0.5) is 5.69 Å². The van der Waals surface area contributed by atoms with E-state index in [4.69, 9.17) is 16.1 Å². The van der Waals surface area contributed by atoms with E-state index in [-0.39, 0.29) is 17.7 Å². The van der Waals surface area contributed by atoms with Gasteiger partial charge in [-0.2, -0.15) is 4.98 Å². The second kappa shape index (κ2) is 11.5. The monoisotopic (exact) mass is 495 g/mol. The van der Waals surface area contributed by atoms with E-state index in [2.05, 4.69) is 20.4 Å². The number of rotatable bonds is 8. The fourth-order valence-corrected chi connectivity index (χ4v) is 4.59. The molecular weight excluding hydrogens is 466 g/mol. The Bertz CT molecular complexity index is 1180. The lowest BCUT2D eigenvalue weighted by molar-refractivity contribution is -0.121. The molecule has 1 N–H and O–H groups in total. The number of nitrogens with one attached hydrogen (secondary N) is 1. The number of benzene rings is 2. The lowest BCUT2D eigenvalue weighted by atomic mass is 9.96. The average Bonchev–Trinajstić information content (AvgIpc) is 3.33. The van der Waals surface area contributed by atoms with Gasteiger partial charge in [0, 0.05) is 25.2 Å². The van der Waals surface area contributed by atoms with Crippen LogP contribution in [-0.4, -0.2) is 57.9 Å². The van der Waals surface area contributed by atoms with Crippen molar-refractivity contribution in [3.05, 3.63) is 65.0 Å². The van der Waals surface area contributed by atoms with Gasteiger partial charge in [-0.05, 0) is 57.5 Å². The maximum atomic E-state index is 13.1. The highest BCUT2D eigenvalue weighted by molar-refractivity contribution is 6.33. The molecule has 2 heterocycles. The second-order valence-electron chi connectivity index (χ2n) is 8.58. The minimum absolute atomic E-state index is 0.0816. The molecule has 4 rings (SSSR count). The van der Waals surface area contributed by atoms with Crippen molar-refractivity contribution in [1.29, 1.82) is 0 Å². The van der Waals surface area contributed by atoms with Crippen LogP contribution in [0.3, 0.4) is 0 Å². The zero-order valence-electron chi connectivity index (χ0n) is 20.0. The van der Waals surface area contributed by atoms with Crippen molar-refractivity contribution < 1.29 is 14.1 Å². The summed E-state index contributed by atoms with van der Waals surface area (Å²) in [7, 11) is 0. The standard InChI is InChI=1S/C26H30ClN5O3/c1-3-32(4-2)26(34)20-12-6-8-14-22(20)28-25(33)18-10-9-15-31(16-18)17-23-29-24(30-35-23)19-11-5-7-13-21(19)27/h5-8,11-14,18H,3-4,9-10,15-17H2,1-2H3,(H,28,33). The molecule has 2 aromatic carbocycles. The molecule has 1 aromatic heterocycles. The molecule has 1 fully saturated rings. The summed E-state index contributed by atoms with van der Waals surface area (Å²) in [5.41, 5.74) is 1.78. The number of hydrogen-bond donors (Lipinski definition) is 1. The van der Waals surface area contributed by atoms with Crippen LogP contribution in [0.2, 0.25) is 5.02 Å². The Morgan fingerprint density at radius 2 is 1.89 bits per heavy atom. The minimum atomic E-state index is -0.202. The molecule has 0 radical (unpaired) electrons. The van der Waals surface area contributed by atoms with E-state index in [0.717, 1.165) is 24.9 Å². The summed E-state index contributed by atoms with van der Waals surface area (Å²) in [6, 6.07) is 14.5. The van der Waals surface area contributed by atoms with Crippen LogP contribution in [0.1, 0.15) is 42.9 Å². The molecule has 1 atom stereocenters. The van der Waals surface area contributed by atoms with E-state index in [1.807, 2.05) is 44.2 Å². The van der Waals surface area contributed by atoms with Gasteiger partial charge in [-0.15, -0.1) is 0 Å². The summed E-state index contributed by atoms with van der Waals surface area (Å²) in [5.74, 6) is 0.563. The molecule has 35 heavy (non-hydrogen) atoms. The van der Waals surface area contributed by atoms with E-state index in [9.17, 15) is 9.59 Å². The Balaban J connectivity index is 1.40. The number of amides is 2. The van der Waals surface area contributed by atoms with E-state index in [0.29, 0.717) is 54.2 Å². The van der Waals surface area contributed by atoms with Crippen LogP contribution < -0.4 is 5.32 Å². The molecule has 2 amide bonds. The van der Waals surface area contributed by atoms with Crippen LogP contribution in [0.25, 0.3) is 11.4 Å². The molecule has 1 aliphatic rings. The van der Waals surface area contributed by atoms with Gasteiger partial charge >= 0.3 is 0 Å². The number of halogens is 1. The number of para-hydroxylation sites is 1. The molecule has 1 aliphatic heterocycles. The normalized spacial score (nSPS) is 16.1. The Morgan fingerprint density at radius 3 is 2.66 bits per heavy atom. The van der Waals surface area contributed by atoms with Crippen LogP contribution in [0.5, 0.6) is 0 Å². The molecule has 8 nitrogen and oxygen atoms in total. The molecular formula is C26H30ClN5O3. The van der Waals surface area contributed by atoms with Gasteiger partial charge in [-0.25, -0.2) is 0 Å². The summed E-state index contributed by atoms with van der Waals surface area (Å²) >= 11 is 6.24. The molecule has 9 heteroatoms. The first-order valence-corrected chi connectivity index (χ1v) is 12.4. The highest BCUT2D eigenvalue weighted by Crippen LogP contribution is 2.26. The minimum Gasteiger partial charge on any atom is -0.339 e. The van der Waals surface area contributed by atoms with Gasteiger partial charge in [0.2, 0.25) is 17.6 Å². The first-order valence-electron chi connectivity index (χ1n) is 12.0. The maximum absolute atomic E-state index is 13.1. The maximum Gasteiger partial charge on any atom is 0.255 e.